The maximum Gasteiger partial charge on any atom is 0.0733 e. The number of aliphatic hydroxyl groups is 1. The molecule has 0 saturated carbocycles. The predicted octanol–water partition coefficient (Wildman–Crippen LogP) is 3.43. The van der Waals surface area contributed by atoms with Crippen LogP contribution >= 0.6 is 15.9 Å². The minimum Gasteiger partial charge on any atom is -0.394 e. The maximum absolute atomic E-state index is 9.39. The highest BCUT2D eigenvalue weighted by Crippen LogP contribution is 2.25. The summed E-state index contributed by atoms with van der Waals surface area (Å²) in [5.41, 5.74) is 1.95. The third kappa shape index (κ3) is 2.82. The van der Waals surface area contributed by atoms with Crippen molar-refractivity contribution in [3.63, 3.8) is 0 Å². The number of hydrogen-bond acceptors (Lipinski definition) is 3. The molecule has 4 heteroatoms. The summed E-state index contributed by atoms with van der Waals surface area (Å²) in [6.07, 6.45) is 1.78. The summed E-state index contributed by atoms with van der Waals surface area (Å²) in [7, 11) is 0. The molecule has 1 aromatic heterocycles. The van der Waals surface area contributed by atoms with Crippen LogP contribution in [0.2, 0.25) is 0 Å². The van der Waals surface area contributed by atoms with E-state index in [4.69, 9.17) is 0 Å². The Morgan fingerprint density at radius 3 is 2.78 bits per heavy atom. The fraction of sp³-hybridized carbons (Fsp3) is 0.357. The van der Waals surface area contributed by atoms with Crippen molar-refractivity contribution in [3.05, 3.63) is 34.9 Å². The van der Waals surface area contributed by atoms with Crippen molar-refractivity contribution in [2.75, 3.05) is 11.9 Å². The lowest BCUT2D eigenvalue weighted by atomic mass is 10.0. The molecule has 0 spiro atoms. The molecule has 0 amide bonds. The number of pyridine rings is 1. The molecule has 0 bridgehead atoms. The van der Waals surface area contributed by atoms with Crippen molar-refractivity contribution in [1.29, 1.82) is 0 Å². The van der Waals surface area contributed by atoms with Crippen molar-refractivity contribution in [2.45, 2.75) is 19.9 Å². The number of benzene rings is 1. The molecule has 0 fully saturated rings. The first-order valence-corrected chi connectivity index (χ1v) is 6.83. The molecule has 96 valence electrons. The molecule has 1 atom stereocenters. The first-order valence-electron chi connectivity index (χ1n) is 6.03. The Labute approximate surface area is 115 Å². The van der Waals surface area contributed by atoms with E-state index in [-0.39, 0.29) is 12.6 Å². The molecule has 0 saturated heterocycles. The zero-order valence-corrected chi connectivity index (χ0v) is 12.1. The highest BCUT2D eigenvalue weighted by Gasteiger charge is 2.13. The van der Waals surface area contributed by atoms with E-state index in [9.17, 15) is 5.11 Å². The van der Waals surface area contributed by atoms with Gasteiger partial charge in [0.1, 0.15) is 0 Å². The third-order valence-corrected chi connectivity index (χ3v) is 3.54. The Bertz CT molecular complexity index is 542. The van der Waals surface area contributed by atoms with Crippen LogP contribution in [0.25, 0.3) is 10.9 Å². The van der Waals surface area contributed by atoms with Gasteiger partial charge in [0.15, 0.2) is 0 Å². The molecule has 3 nitrogen and oxygen atoms in total. The van der Waals surface area contributed by atoms with Crippen molar-refractivity contribution < 1.29 is 5.11 Å². The van der Waals surface area contributed by atoms with Crippen LogP contribution in [0.3, 0.4) is 0 Å². The first kappa shape index (κ1) is 13.3. The Morgan fingerprint density at radius 1 is 1.33 bits per heavy atom. The van der Waals surface area contributed by atoms with E-state index < -0.39 is 0 Å². The number of aliphatic hydroxyl groups excluding tert-OH is 1. The second-order valence-corrected chi connectivity index (χ2v) is 5.61. The Kier molecular flexibility index (Phi) is 4.19. The van der Waals surface area contributed by atoms with E-state index in [1.54, 1.807) is 6.20 Å². The highest BCUT2D eigenvalue weighted by molar-refractivity contribution is 9.10. The summed E-state index contributed by atoms with van der Waals surface area (Å²) in [5, 5.41) is 13.8. The normalized spacial score (nSPS) is 12.9. The van der Waals surface area contributed by atoms with E-state index in [0.717, 1.165) is 21.1 Å². The fourth-order valence-electron chi connectivity index (χ4n) is 1.87. The van der Waals surface area contributed by atoms with Gasteiger partial charge in [0.25, 0.3) is 0 Å². The topological polar surface area (TPSA) is 45.1 Å². The lowest BCUT2D eigenvalue weighted by Crippen LogP contribution is -2.29. The second-order valence-electron chi connectivity index (χ2n) is 4.70. The maximum atomic E-state index is 9.39. The SMILES string of the molecule is CC(C)[C@@H](CO)Nc1ccnc2cc(Br)ccc12. The Morgan fingerprint density at radius 2 is 2.11 bits per heavy atom. The van der Waals surface area contributed by atoms with Crippen molar-refractivity contribution in [1.82, 2.24) is 4.98 Å². The van der Waals surface area contributed by atoms with Crippen LogP contribution in [0, 0.1) is 5.92 Å². The molecule has 2 N–H and O–H groups in total. The van der Waals surface area contributed by atoms with E-state index in [1.165, 1.54) is 0 Å². The smallest absolute Gasteiger partial charge is 0.0733 e. The van der Waals surface area contributed by atoms with E-state index in [2.05, 4.69) is 40.1 Å². The molecular weight excluding hydrogens is 292 g/mol. The van der Waals surface area contributed by atoms with Gasteiger partial charge in [-0.25, -0.2) is 0 Å². The zero-order chi connectivity index (χ0) is 13.1. The van der Waals surface area contributed by atoms with Gasteiger partial charge in [-0.2, -0.15) is 0 Å². The predicted molar refractivity (Wildman–Crippen MR) is 78.8 cm³/mol. The van der Waals surface area contributed by atoms with Crippen LogP contribution in [0.5, 0.6) is 0 Å². The van der Waals surface area contributed by atoms with Gasteiger partial charge in [-0.1, -0.05) is 29.8 Å². The monoisotopic (exact) mass is 308 g/mol. The molecule has 0 aliphatic heterocycles. The second kappa shape index (κ2) is 5.67. The van der Waals surface area contributed by atoms with E-state index in [0.29, 0.717) is 5.92 Å². The van der Waals surface area contributed by atoms with Crippen LogP contribution in [0.4, 0.5) is 5.69 Å². The third-order valence-electron chi connectivity index (χ3n) is 3.05. The van der Waals surface area contributed by atoms with Gasteiger partial charge in [0.2, 0.25) is 0 Å². The standard InChI is InChI=1S/C14H17BrN2O/c1-9(2)14(8-18)17-12-5-6-16-13-7-10(15)3-4-11(12)13/h3-7,9,14,18H,8H2,1-2H3,(H,16,17)/t14-/m1/s1. The quantitative estimate of drug-likeness (QED) is 0.909. The Balaban J connectivity index is 2.39. The number of rotatable bonds is 4. The number of anilines is 1. The number of halogens is 1. The molecule has 18 heavy (non-hydrogen) atoms. The minimum absolute atomic E-state index is 0.0549. The number of aromatic nitrogens is 1. The number of nitrogens with zero attached hydrogens (tertiary/aromatic N) is 1. The average Bonchev–Trinajstić information content (AvgIpc) is 2.35. The first-order chi connectivity index (χ1) is 8.61. The Hall–Kier alpha value is -1.13. The molecule has 1 aromatic carbocycles. The summed E-state index contributed by atoms with van der Waals surface area (Å²) >= 11 is 3.44. The molecule has 0 radical (unpaired) electrons. The van der Waals surface area contributed by atoms with Gasteiger partial charge in [0.05, 0.1) is 18.2 Å². The highest BCUT2D eigenvalue weighted by atomic mass is 79.9. The van der Waals surface area contributed by atoms with Crippen LogP contribution in [0.15, 0.2) is 34.9 Å². The fourth-order valence-corrected chi connectivity index (χ4v) is 2.22. The molecular formula is C14H17BrN2O. The lowest BCUT2D eigenvalue weighted by molar-refractivity contribution is 0.249. The summed E-state index contributed by atoms with van der Waals surface area (Å²) in [6.45, 7) is 4.31. The molecule has 0 aliphatic rings. The summed E-state index contributed by atoms with van der Waals surface area (Å²) < 4.78 is 1.02. The summed E-state index contributed by atoms with van der Waals surface area (Å²) in [4.78, 5) is 4.35. The van der Waals surface area contributed by atoms with Crippen LogP contribution < -0.4 is 5.32 Å². The van der Waals surface area contributed by atoms with Gasteiger partial charge >= 0.3 is 0 Å². The molecule has 2 aromatic rings. The molecule has 0 unspecified atom stereocenters. The van der Waals surface area contributed by atoms with Gasteiger partial charge in [-0.05, 0) is 30.2 Å². The van der Waals surface area contributed by atoms with E-state index in [1.807, 2.05) is 24.3 Å². The van der Waals surface area contributed by atoms with Gasteiger partial charge in [-0.15, -0.1) is 0 Å². The number of fused-ring (bicyclic) bond motifs is 1. The van der Waals surface area contributed by atoms with Crippen LogP contribution in [-0.2, 0) is 0 Å². The van der Waals surface area contributed by atoms with Crippen molar-refractivity contribution >= 4 is 32.5 Å². The average molecular weight is 309 g/mol. The molecule has 1 heterocycles. The minimum atomic E-state index is 0.0549. The van der Waals surface area contributed by atoms with Gasteiger partial charge < -0.3 is 10.4 Å². The number of hydrogen-bond donors (Lipinski definition) is 2. The lowest BCUT2D eigenvalue weighted by Gasteiger charge is -2.22. The van der Waals surface area contributed by atoms with Crippen LogP contribution in [-0.4, -0.2) is 22.7 Å². The van der Waals surface area contributed by atoms with E-state index >= 15 is 0 Å². The number of nitrogens with one attached hydrogen (secondary N) is 1. The largest absolute Gasteiger partial charge is 0.394 e. The van der Waals surface area contributed by atoms with Crippen LogP contribution in [0.1, 0.15) is 13.8 Å². The molecule has 0 aliphatic carbocycles. The summed E-state index contributed by atoms with van der Waals surface area (Å²) in [5.74, 6) is 0.369. The van der Waals surface area contributed by atoms with Crippen molar-refractivity contribution in [3.8, 4) is 0 Å². The summed E-state index contributed by atoms with van der Waals surface area (Å²) in [6, 6.07) is 8.02. The molecule has 2 rings (SSSR count). The zero-order valence-electron chi connectivity index (χ0n) is 10.5. The van der Waals surface area contributed by atoms with Crippen molar-refractivity contribution in [2.24, 2.45) is 5.92 Å². The van der Waals surface area contributed by atoms with Gasteiger partial charge in [-0.3, -0.25) is 4.98 Å². The van der Waals surface area contributed by atoms with Gasteiger partial charge in [0, 0.05) is 21.7 Å².